The van der Waals surface area contributed by atoms with Gasteiger partial charge in [0, 0.05) is 12.6 Å². The van der Waals surface area contributed by atoms with Crippen LogP contribution in [-0.2, 0) is 0 Å². The molecule has 1 aliphatic heterocycles. The van der Waals surface area contributed by atoms with E-state index in [1.54, 1.807) is 0 Å². The lowest BCUT2D eigenvalue weighted by molar-refractivity contribution is 0.288. The molecule has 1 saturated heterocycles. The van der Waals surface area contributed by atoms with Crippen molar-refractivity contribution in [1.82, 2.24) is 10.6 Å². The Morgan fingerprint density at radius 1 is 1.07 bits per heavy atom. The second-order valence-corrected chi connectivity index (χ2v) is 4.94. The summed E-state index contributed by atoms with van der Waals surface area (Å²) in [5.74, 6) is 1.06. The molecule has 1 atom stereocenters. The van der Waals surface area contributed by atoms with Crippen LogP contribution in [0, 0.1) is 5.92 Å². The van der Waals surface area contributed by atoms with Crippen LogP contribution in [0.25, 0.3) is 0 Å². The highest BCUT2D eigenvalue weighted by Gasteiger charge is 2.17. The molecule has 0 bridgehead atoms. The Morgan fingerprint density at radius 2 is 2.00 bits per heavy atom. The molecule has 1 heterocycles. The normalized spacial score (nSPS) is 28.7. The summed E-state index contributed by atoms with van der Waals surface area (Å²) >= 11 is 0. The van der Waals surface area contributed by atoms with Gasteiger partial charge in [0.2, 0.25) is 0 Å². The van der Waals surface area contributed by atoms with E-state index in [-0.39, 0.29) is 0 Å². The standard InChI is InChI=1S/C12H24N2/c1-2-8-14-12(6-1)10-13-9-7-11-4-3-5-11/h11-14H,1-10H2. The maximum Gasteiger partial charge on any atom is 0.0192 e. The number of rotatable bonds is 5. The van der Waals surface area contributed by atoms with Crippen LogP contribution in [0.1, 0.15) is 44.9 Å². The molecule has 14 heavy (non-hydrogen) atoms. The fourth-order valence-electron chi connectivity index (χ4n) is 2.46. The van der Waals surface area contributed by atoms with Crippen molar-refractivity contribution in [3.63, 3.8) is 0 Å². The van der Waals surface area contributed by atoms with Crippen molar-refractivity contribution >= 4 is 0 Å². The van der Waals surface area contributed by atoms with Gasteiger partial charge in [0.25, 0.3) is 0 Å². The molecule has 2 fully saturated rings. The van der Waals surface area contributed by atoms with Gasteiger partial charge in [0.15, 0.2) is 0 Å². The van der Waals surface area contributed by atoms with Gasteiger partial charge in [-0.25, -0.2) is 0 Å². The van der Waals surface area contributed by atoms with Crippen molar-refractivity contribution in [1.29, 1.82) is 0 Å². The molecule has 0 amide bonds. The van der Waals surface area contributed by atoms with E-state index in [4.69, 9.17) is 0 Å². The van der Waals surface area contributed by atoms with Gasteiger partial charge in [-0.2, -0.15) is 0 Å². The second kappa shape index (κ2) is 5.72. The molecule has 1 aliphatic carbocycles. The van der Waals surface area contributed by atoms with Gasteiger partial charge in [-0.3, -0.25) is 0 Å². The first-order valence-electron chi connectivity index (χ1n) is 6.39. The highest BCUT2D eigenvalue weighted by Crippen LogP contribution is 2.28. The van der Waals surface area contributed by atoms with E-state index in [1.807, 2.05) is 0 Å². The highest BCUT2D eigenvalue weighted by atomic mass is 15.0. The fourth-order valence-corrected chi connectivity index (χ4v) is 2.46. The Morgan fingerprint density at radius 3 is 2.64 bits per heavy atom. The van der Waals surface area contributed by atoms with Crippen LogP contribution in [0.2, 0.25) is 0 Å². The zero-order valence-corrected chi connectivity index (χ0v) is 9.23. The predicted octanol–water partition coefficient (Wildman–Crippen LogP) is 1.91. The molecule has 0 aromatic rings. The smallest absolute Gasteiger partial charge is 0.0192 e. The molecule has 0 radical (unpaired) electrons. The lowest BCUT2D eigenvalue weighted by Gasteiger charge is -2.27. The van der Waals surface area contributed by atoms with E-state index in [0.29, 0.717) is 0 Å². The van der Waals surface area contributed by atoms with Crippen molar-refractivity contribution in [2.75, 3.05) is 19.6 Å². The van der Waals surface area contributed by atoms with Crippen LogP contribution >= 0.6 is 0 Å². The highest BCUT2D eigenvalue weighted by molar-refractivity contribution is 4.75. The monoisotopic (exact) mass is 196 g/mol. The molecule has 0 aromatic heterocycles. The van der Waals surface area contributed by atoms with E-state index in [2.05, 4.69) is 10.6 Å². The predicted molar refractivity (Wildman–Crippen MR) is 60.5 cm³/mol. The van der Waals surface area contributed by atoms with E-state index in [9.17, 15) is 0 Å². The van der Waals surface area contributed by atoms with Gasteiger partial charge >= 0.3 is 0 Å². The van der Waals surface area contributed by atoms with Crippen molar-refractivity contribution in [3.8, 4) is 0 Å². The number of hydrogen-bond donors (Lipinski definition) is 2. The molecular weight excluding hydrogens is 172 g/mol. The lowest BCUT2D eigenvalue weighted by Crippen LogP contribution is -2.42. The summed E-state index contributed by atoms with van der Waals surface area (Å²) in [6.45, 7) is 3.66. The van der Waals surface area contributed by atoms with Gasteiger partial charge in [0.05, 0.1) is 0 Å². The maximum atomic E-state index is 3.59. The van der Waals surface area contributed by atoms with Crippen LogP contribution in [0.3, 0.4) is 0 Å². The third kappa shape index (κ3) is 3.25. The zero-order valence-electron chi connectivity index (χ0n) is 9.23. The summed E-state index contributed by atoms with van der Waals surface area (Å²) in [4.78, 5) is 0. The largest absolute Gasteiger partial charge is 0.315 e. The van der Waals surface area contributed by atoms with Gasteiger partial charge in [-0.1, -0.05) is 25.7 Å². The second-order valence-electron chi connectivity index (χ2n) is 4.94. The first-order chi connectivity index (χ1) is 6.95. The minimum atomic E-state index is 0.755. The third-order valence-electron chi connectivity index (χ3n) is 3.76. The summed E-state index contributed by atoms with van der Waals surface area (Å²) in [7, 11) is 0. The zero-order chi connectivity index (χ0) is 9.64. The SMILES string of the molecule is C1CCC(CNCCC2CCC2)NC1. The van der Waals surface area contributed by atoms with Crippen molar-refractivity contribution in [3.05, 3.63) is 0 Å². The van der Waals surface area contributed by atoms with Crippen LogP contribution in [0.5, 0.6) is 0 Å². The van der Waals surface area contributed by atoms with Crippen LogP contribution in [-0.4, -0.2) is 25.7 Å². The Balaban J connectivity index is 1.45. The number of nitrogens with one attached hydrogen (secondary N) is 2. The molecule has 2 N–H and O–H groups in total. The summed E-state index contributed by atoms with van der Waals surface area (Å²) < 4.78 is 0. The Kier molecular flexibility index (Phi) is 4.26. The maximum absolute atomic E-state index is 3.59. The van der Waals surface area contributed by atoms with E-state index in [1.165, 1.54) is 64.6 Å². The van der Waals surface area contributed by atoms with Crippen molar-refractivity contribution < 1.29 is 0 Å². The summed E-state index contributed by atoms with van der Waals surface area (Å²) in [6.07, 6.45) is 10.0. The lowest BCUT2D eigenvalue weighted by atomic mass is 9.83. The molecule has 2 aliphatic rings. The third-order valence-corrected chi connectivity index (χ3v) is 3.76. The van der Waals surface area contributed by atoms with Gasteiger partial charge in [-0.15, -0.1) is 0 Å². The number of piperidine rings is 1. The minimum Gasteiger partial charge on any atom is -0.315 e. The molecule has 2 rings (SSSR count). The molecule has 0 aromatic carbocycles. The van der Waals surface area contributed by atoms with Crippen LogP contribution < -0.4 is 10.6 Å². The first kappa shape index (κ1) is 10.4. The van der Waals surface area contributed by atoms with Crippen LogP contribution in [0.4, 0.5) is 0 Å². The molecule has 0 spiro atoms. The van der Waals surface area contributed by atoms with Gasteiger partial charge < -0.3 is 10.6 Å². The average molecular weight is 196 g/mol. The summed E-state index contributed by atoms with van der Waals surface area (Å²) in [6, 6.07) is 0.755. The first-order valence-corrected chi connectivity index (χ1v) is 6.39. The number of hydrogen-bond acceptors (Lipinski definition) is 2. The summed E-state index contributed by atoms with van der Waals surface area (Å²) in [5.41, 5.74) is 0. The average Bonchev–Trinajstić information content (AvgIpc) is 2.16. The Labute approximate surface area is 87.8 Å². The van der Waals surface area contributed by atoms with E-state index in [0.717, 1.165) is 12.0 Å². The minimum absolute atomic E-state index is 0.755. The molecule has 82 valence electrons. The van der Waals surface area contributed by atoms with Gasteiger partial charge in [0.1, 0.15) is 0 Å². The molecule has 1 saturated carbocycles. The molecule has 2 nitrogen and oxygen atoms in total. The molecule has 1 unspecified atom stereocenters. The molecular formula is C12H24N2. The fraction of sp³-hybridized carbons (Fsp3) is 1.00. The Hall–Kier alpha value is -0.0800. The quantitative estimate of drug-likeness (QED) is 0.656. The van der Waals surface area contributed by atoms with Crippen molar-refractivity contribution in [2.24, 2.45) is 5.92 Å². The van der Waals surface area contributed by atoms with Crippen LogP contribution in [0.15, 0.2) is 0 Å². The topological polar surface area (TPSA) is 24.1 Å². The summed E-state index contributed by atoms with van der Waals surface area (Å²) in [5, 5.41) is 7.16. The molecule has 2 heteroatoms. The van der Waals surface area contributed by atoms with Gasteiger partial charge in [-0.05, 0) is 38.3 Å². The van der Waals surface area contributed by atoms with E-state index >= 15 is 0 Å². The van der Waals surface area contributed by atoms with Crippen molar-refractivity contribution in [2.45, 2.75) is 51.0 Å². The Bertz CT molecular complexity index is 148. The van der Waals surface area contributed by atoms with E-state index < -0.39 is 0 Å².